The summed E-state index contributed by atoms with van der Waals surface area (Å²) in [5.41, 5.74) is 1.70. The van der Waals surface area contributed by atoms with E-state index in [0.29, 0.717) is 28.4 Å². The molecule has 0 aliphatic carbocycles. The minimum Gasteiger partial charge on any atom is -0.454 e. The van der Waals surface area contributed by atoms with E-state index >= 15 is 0 Å². The topological polar surface area (TPSA) is 50.8 Å². The molecule has 2 aliphatic rings. The molecular weight excluding hydrogens is 366 g/mol. The molecule has 0 saturated heterocycles. The number of rotatable bonds is 2. The van der Waals surface area contributed by atoms with E-state index in [-0.39, 0.29) is 18.3 Å². The highest BCUT2D eigenvalue weighted by molar-refractivity contribution is 6.12. The van der Waals surface area contributed by atoms with E-state index in [4.69, 9.17) is 9.47 Å². The van der Waals surface area contributed by atoms with Gasteiger partial charge >= 0.3 is 0 Å². The first-order valence-corrected chi connectivity index (χ1v) is 8.65. The molecule has 0 spiro atoms. The Morgan fingerprint density at radius 1 is 0.964 bits per heavy atom. The molecule has 1 amide bonds. The van der Waals surface area contributed by atoms with Crippen LogP contribution in [0.1, 0.15) is 22.1 Å². The maximum atomic E-state index is 14.6. The predicted octanol–water partition coefficient (Wildman–Crippen LogP) is 4.46. The largest absolute Gasteiger partial charge is 0.454 e. The number of para-hydroxylation sites is 1. The Bertz CT molecular complexity index is 1100. The average Bonchev–Trinajstić information content (AvgIpc) is 3.16. The summed E-state index contributed by atoms with van der Waals surface area (Å²) in [5, 5.41) is 3.19. The summed E-state index contributed by atoms with van der Waals surface area (Å²) in [5.74, 6) is -0.649. The molecule has 140 valence electrons. The fourth-order valence-electron chi connectivity index (χ4n) is 3.50. The summed E-state index contributed by atoms with van der Waals surface area (Å²) in [6, 6.07) is 15.4. The lowest BCUT2D eigenvalue weighted by molar-refractivity contribution is 0.0974. The second kappa shape index (κ2) is 6.23. The molecule has 1 atom stereocenters. The zero-order valence-electron chi connectivity index (χ0n) is 14.5. The van der Waals surface area contributed by atoms with Gasteiger partial charge in [0, 0.05) is 23.4 Å². The van der Waals surface area contributed by atoms with E-state index in [1.165, 1.54) is 17.0 Å². The van der Waals surface area contributed by atoms with Crippen LogP contribution in [0.3, 0.4) is 0 Å². The van der Waals surface area contributed by atoms with Gasteiger partial charge in [0.1, 0.15) is 17.8 Å². The third-order valence-electron chi connectivity index (χ3n) is 4.82. The second-order valence-corrected chi connectivity index (χ2v) is 6.47. The van der Waals surface area contributed by atoms with Crippen LogP contribution in [0.5, 0.6) is 11.5 Å². The standard InChI is InChI=1S/C21H14F2N2O3/c22-12-5-7-14(16(23)9-12)20-24-17-4-2-1-3-15(17)21(26)25(20)13-6-8-18-19(10-13)28-11-27-18/h1-10,20,24H,11H2. The Labute approximate surface area is 159 Å². The smallest absolute Gasteiger partial charge is 0.262 e. The Morgan fingerprint density at radius 3 is 2.64 bits per heavy atom. The highest BCUT2D eigenvalue weighted by Gasteiger charge is 2.36. The summed E-state index contributed by atoms with van der Waals surface area (Å²) < 4.78 is 38.7. The first kappa shape index (κ1) is 16.6. The third-order valence-corrected chi connectivity index (χ3v) is 4.82. The van der Waals surface area contributed by atoms with Crippen LogP contribution in [0.15, 0.2) is 60.7 Å². The summed E-state index contributed by atoms with van der Waals surface area (Å²) in [6.45, 7) is 0.101. The van der Waals surface area contributed by atoms with Gasteiger partial charge < -0.3 is 14.8 Å². The first-order valence-electron chi connectivity index (χ1n) is 8.65. The summed E-state index contributed by atoms with van der Waals surface area (Å²) in [7, 11) is 0. The molecule has 0 radical (unpaired) electrons. The first-order chi connectivity index (χ1) is 13.6. The summed E-state index contributed by atoms with van der Waals surface area (Å²) in [6.07, 6.45) is -0.858. The molecule has 2 heterocycles. The average molecular weight is 380 g/mol. The van der Waals surface area contributed by atoms with Crippen molar-refractivity contribution < 1.29 is 23.0 Å². The monoisotopic (exact) mass is 380 g/mol. The molecule has 7 heteroatoms. The molecule has 5 rings (SSSR count). The van der Waals surface area contributed by atoms with Gasteiger partial charge in [-0.1, -0.05) is 12.1 Å². The molecule has 3 aromatic carbocycles. The number of amides is 1. The molecule has 28 heavy (non-hydrogen) atoms. The SMILES string of the molecule is O=C1c2ccccc2NC(c2ccc(F)cc2F)N1c1ccc2c(c1)OCO2. The predicted molar refractivity (Wildman–Crippen MR) is 98.5 cm³/mol. The van der Waals surface area contributed by atoms with Crippen molar-refractivity contribution >= 4 is 17.3 Å². The maximum Gasteiger partial charge on any atom is 0.262 e. The number of anilines is 2. The molecule has 2 aliphatic heterocycles. The minimum atomic E-state index is -0.858. The molecule has 0 bridgehead atoms. The molecule has 1 unspecified atom stereocenters. The number of nitrogens with one attached hydrogen (secondary N) is 1. The number of hydrogen-bond donors (Lipinski definition) is 1. The van der Waals surface area contributed by atoms with Gasteiger partial charge in [0.15, 0.2) is 11.5 Å². The normalized spacial score (nSPS) is 17.3. The van der Waals surface area contributed by atoms with Crippen molar-refractivity contribution in [1.29, 1.82) is 0 Å². The Kier molecular flexibility index (Phi) is 3.68. The van der Waals surface area contributed by atoms with Crippen molar-refractivity contribution in [3.05, 3.63) is 83.4 Å². The number of halogens is 2. The van der Waals surface area contributed by atoms with E-state index < -0.39 is 17.8 Å². The zero-order chi connectivity index (χ0) is 19.3. The number of nitrogens with zero attached hydrogens (tertiary/aromatic N) is 1. The molecule has 5 nitrogen and oxygen atoms in total. The second-order valence-electron chi connectivity index (χ2n) is 6.47. The summed E-state index contributed by atoms with van der Waals surface area (Å²) in [4.78, 5) is 14.7. The molecule has 3 aromatic rings. The lowest BCUT2D eigenvalue weighted by atomic mass is 10.0. The van der Waals surface area contributed by atoms with Gasteiger partial charge in [0.2, 0.25) is 6.79 Å². The Morgan fingerprint density at radius 2 is 1.79 bits per heavy atom. The Balaban J connectivity index is 1.67. The molecular formula is C21H14F2N2O3. The van der Waals surface area contributed by atoms with E-state index in [1.54, 1.807) is 42.5 Å². The van der Waals surface area contributed by atoms with Crippen molar-refractivity contribution in [2.45, 2.75) is 6.17 Å². The molecule has 0 saturated carbocycles. The number of benzene rings is 3. The van der Waals surface area contributed by atoms with Gasteiger partial charge in [0.05, 0.1) is 11.3 Å². The van der Waals surface area contributed by atoms with Crippen LogP contribution < -0.4 is 19.7 Å². The van der Waals surface area contributed by atoms with E-state index in [9.17, 15) is 13.6 Å². The lowest BCUT2D eigenvalue weighted by Gasteiger charge is -2.38. The van der Waals surface area contributed by atoms with E-state index in [2.05, 4.69) is 5.32 Å². The van der Waals surface area contributed by atoms with Crippen molar-refractivity contribution in [3.8, 4) is 11.5 Å². The van der Waals surface area contributed by atoms with Crippen LogP contribution in [0.4, 0.5) is 20.2 Å². The van der Waals surface area contributed by atoms with Crippen LogP contribution >= 0.6 is 0 Å². The summed E-state index contributed by atoms with van der Waals surface area (Å²) >= 11 is 0. The van der Waals surface area contributed by atoms with Crippen LogP contribution in [0.2, 0.25) is 0 Å². The molecule has 1 N–H and O–H groups in total. The fourth-order valence-corrected chi connectivity index (χ4v) is 3.50. The number of carbonyl (C=O) groups excluding carboxylic acids is 1. The van der Waals surface area contributed by atoms with Gasteiger partial charge in [-0.15, -0.1) is 0 Å². The van der Waals surface area contributed by atoms with Crippen molar-refractivity contribution in [2.24, 2.45) is 0 Å². The van der Waals surface area contributed by atoms with Crippen molar-refractivity contribution in [1.82, 2.24) is 0 Å². The van der Waals surface area contributed by atoms with E-state index in [0.717, 1.165) is 6.07 Å². The minimum absolute atomic E-state index is 0.101. The zero-order valence-corrected chi connectivity index (χ0v) is 14.5. The van der Waals surface area contributed by atoms with E-state index in [1.807, 2.05) is 0 Å². The van der Waals surface area contributed by atoms with Crippen LogP contribution in [-0.4, -0.2) is 12.7 Å². The van der Waals surface area contributed by atoms with Gasteiger partial charge in [-0.05, 0) is 36.4 Å². The number of hydrogen-bond acceptors (Lipinski definition) is 4. The highest BCUT2D eigenvalue weighted by atomic mass is 19.1. The van der Waals surface area contributed by atoms with Crippen molar-refractivity contribution in [2.75, 3.05) is 17.0 Å². The van der Waals surface area contributed by atoms with Crippen molar-refractivity contribution in [3.63, 3.8) is 0 Å². The lowest BCUT2D eigenvalue weighted by Crippen LogP contribution is -2.43. The van der Waals surface area contributed by atoms with Gasteiger partial charge in [-0.2, -0.15) is 0 Å². The van der Waals surface area contributed by atoms with Gasteiger partial charge in [-0.3, -0.25) is 9.69 Å². The Hall–Kier alpha value is -3.61. The van der Waals surface area contributed by atoms with Gasteiger partial charge in [-0.25, -0.2) is 8.78 Å². The number of ether oxygens (including phenoxy) is 2. The maximum absolute atomic E-state index is 14.6. The number of carbonyl (C=O) groups is 1. The highest BCUT2D eigenvalue weighted by Crippen LogP contribution is 2.41. The number of fused-ring (bicyclic) bond motifs is 2. The molecule has 0 fully saturated rings. The molecule has 0 aromatic heterocycles. The van der Waals surface area contributed by atoms with Gasteiger partial charge in [0.25, 0.3) is 5.91 Å². The van der Waals surface area contributed by atoms with Crippen LogP contribution in [0.25, 0.3) is 0 Å². The quantitative estimate of drug-likeness (QED) is 0.713. The van der Waals surface area contributed by atoms with Crippen LogP contribution in [0, 0.1) is 11.6 Å². The van der Waals surface area contributed by atoms with Crippen LogP contribution in [-0.2, 0) is 0 Å². The fraction of sp³-hybridized carbons (Fsp3) is 0.0952. The third kappa shape index (κ3) is 2.55.